The molecule has 1 atom stereocenters. The van der Waals surface area contributed by atoms with Gasteiger partial charge in [-0.3, -0.25) is 13.9 Å². The van der Waals surface area contributed by atoms with Crippen LogP contribution in [-0.2, 0) is 26.2 Å². The summed E-state index contributed by atoms with van der Waals surface area (Å²) in [6.45, 7) is 6.06. The van der Waals surface area contributed by atoms with Crippen LogP contribution in [0.3, 0.4) is 0 Å². The molecule has 0 aliphatic carbocycles. The van der Waals surface area contributed by atoms with Gasteiger partial charge in [-0.25, -0.2) is 8.42 Å². The number of hydrogen-bond donors (Lipinski definition) is 1. The number of sulfonamides is 1. The lowest BCUT2D eigenvalue weighted by Gasteiger charge is -2.33. The Kier molecular flexibility index (Phi) is 11.9. The number of halogens is 2. The first-order valence-electron chi connectivity index (χ1n) is 13.4. The van der Waals surface area contributed by atoms with Crippen LogP contribution in [0, 0.1) is 0 Å². The van der Waals surface area contributed by atoms with Crippen LogP contribution in [0.15, 0.2) is 77.7 Å². The quantitative estimate of drug-likeness (QED) is 0.242. The van der Waals surface area contributed by atoms with Crippen molar-refractivity contribution < 1.29 is 22.7 Å². The van der Waals surface area contributed by atoms with Crippen molar-refractivity contribution >= 4 is 50.7 Å². The van der Waals surface area contributed by atoms with Gasteiger partial charge in [0.2, 0.25) is 11.8 Å². The van der Waals surface area contributed by atoms with Crippen molar-refractivity contribution in [3.63, 3.8) is 0 Å². The van der Waals surface area contributed by atoms with Gasteiger partial charge >= 0.3 is 0 Å². The van der Waals surface area contributed by atoms with Crippen LogP contribution in [-0.4, -0.2) is 50.9 Å². The molecule has 41 heavy (non-hydrogen) atoms. The van der Waals surface area contributed by atoms with Gasteiger partial charge in [0, 0.05) is 23.1 Å². The van der Waals surface area contributed by atoms with Gasteiger partial charge in [-0.05, 0) is 86.0 Å². The molecule has 3 rings (SSSR count). The number of amides is 2. The highest BCUT2D eigenvalue weighted by molar-refractivity contribution is 7.92. The van der Waals surface area contributed by atoms with E-state index in [0.29, 0.717) is 35.4 Å². The lowest BCUT2D eigenvalue weighted by molar-refractivity contribution is -0.140. The molecule has 0 aromatic heterocycles. The summed E-state index contributed by atoms with van der Waals surface area (Å²) in [5.41, 5.74) is 1.02. The Bertz CT molecular complexity index is 1400. The molecule has 1 N–H and O–H groups in total. The van der Waals surface area contributed by atoms with E-state index in [9.17, 15) is 18.0 Å². The third kappa shape index (κ3) is 8.61. The fourth-order valence-electron chi connectivity index (χ4n) is 4.21. The van der Waals surface area contributed by atoms with Crippen LogP contribution in [0.4, 0.5) is 5.69 Å². The minimum Gasteiger partial charge on any atom is -0.494 e. The molecule has 0 fully saturated rings. The van der Waals surface area contributed by atoms with Crippen LogP contribution >= 0.6 is 23.2 Å². The highest BCUT2D eigenvalue weighted by atomic mass is 35.5. The second kappa shape index (κ2) is 15.1. The van der Waals surface area contributed by atoms with Crippen molar-refractivity contribution in [1.82, 2.24) is 10.2 Å². The second-order valence-electron chi connectivity index (χ2n) is 9.26. The summed E-state index contributed by atoms with van der Waals surface area (Å²) in [4.78, 5) is 28.6. The van der Waals surface area contributed by atoms with Crippen LogP contribution in [0.25, 0.3) is 0 Å². The maximum Gasteiger partial charge on any atom is 0.264 e. The van der Waals surface area contributed by atoms with E-state index in [-0.39, 0.29) is 23.0 Å². The minimum atomic E-state index is -4.20. The first-order valence-corrected chi connectivity index (χ1v) is 15.6. The smallest absolute Gasteiger partial charge is 0.264 e. The third-order valence-electron chi connectivity index (χ3n) is 6.32. The van der Waals surface area contributed by atoms with Crippen molar-refractivity contribution in [1.29, 1.82) is 0 Å². The normalized spacial score (nSPS) is 11.9. The van der Waals surface area contributed by atoms with Crippen molar-refractivity contribution in [2.45, 2.75) is 51.1 Å². The van der Waals surface area contributed by atoms with Crippen molar-refractivity contribution in [3.05, 3.63) is 88.4 Å². The number of nitrogens with zero attached hydrogens (tertiary/aromatic N) is 2. The first kappa shape index (κ1) is 32.2. The topological polar surface area (TPSA) is 96.0 Å². The number of hydrogen-bond acceptors (Lipinski definition) is 5. The SMILES string of the molecule is CCCNC(=O)[C@H](CC)N(Cc1ccc(Cl)cc1)C(=O)CN(c1ccc(OCC)cc1)S(=O)(=O)c1ccc(Cl)cc1. The van der Waals surface area contributed by atoms with Gasteiger partial charge in [0.15, 0.2) is 0 Å². The summed E-state index contributed by atoms with van der Waals surface area (Å²) in [6.07, 6.45) is 1.07. The Morgan fingerprint density at radius 1 is 0.878 bits per heavy atom. The molecule has 0 spiro atoms. The van der Waals surface area contributed by atoms with Crippen molar-refractivity contribution in [3.8, 4) is 5.75 Å². The molecule has 3 aromatic rings. The van der Waals surface area contributed by atoms with Gasteiger partial charge in [-0.1, -0.05) is 49.2 Å². The molecule has 0 radical (unpaired) electrons. The molecule has 0 saturated heterocycles. The number of nitrogens with one attached hydrogen (secondary N) is 1. The number of rotatable bonds is 14. The third-order valence-corrected chi connectivity index (χ3v) is 8.61. The zero-order valence-electron chi connectivity index (χ0n) is 23.3. The summed E-state index contributed by atoms with van der Waals surface area (Å²) in [5.74, 6) is -0.274. The van der Waals surface area contributed by atoms with E-state index < -0.39 is 28.5 Å². The average Bonchev–Trinajstić information content (AvgIpc) is 2.96. The van der Waals surface area contributed by atoms with E-state index in [1.807, 2.05) is 20.8 Å². The van der Waals surface area contributed by atoms with Crippen LogP contribution in [0.5, 0.6) is 5.75 Å². The highest BCUT2D eigenvalue weighted by Gasteiger charge is 2.33. The monoisotopic (exact) mass is 619 g/mol. The fourth-order valence-corrected chi connectivity index (χ4v) is 5.88. The Balaban J connectivity index is 2.04. The molecule has 0 heterocycles. The Morgan fingerprint density at radius 3 is 2.00 bits per heavy atom. The van der Waals surface area contributed by atoms with Gasteiger partial charge in [-0.2, -0.15) is 0 Å². The van der Waals surface area contributed by atoms with Crippen molar-refractivity contribution in [2.24, 2.45) is 0 Å². The summed E-state index contributed by atoms with van der Waals surface area (Å²) >= 11 is 12.1. The number of benzene rings is 3. The number of carbonyl (C=O) groups is 2. The van der Waals surface area contributed by atoms with Gasteiger partial charge in [0.05, 0.1) is 17.2 Å². The molecule has 0 unspecified atom stereocenters. The van der Waals surface area contributed by atoms with Gasteiger partial charge in [0.25, 0.3) is 10.0 Å². The van der Waals surface area contributed by atoms with Crippen LogP contribution < -0.4 is 14.4 Å². The van der Waals surface area contributed by atoms with E-state index in [2.05, 4.69) is 5.32 Å². The number of carbonyl (C=O) groups excluding carboxylic acids is 2. The lowest BCUT2D eigenvalue weighted by Crippen LogP contribution is -2.52. The summed E-state index contributed by atoms with van der Waals surface area (Å²) in [5, 5.41) is 3.78. The van der Waals surface area contributed by atoms with E-state index in [1.165, 1.54) is 29.2 Å². The maximum atomic E-state index is 14.0. The molecule has 0 bridgehead atoms. The first-order chi connectivity index (χ1) is 19.6. The predicted octanol–water partition coefficient (Wildman–Crippen LogP) is 5.92. The van der Waals surface area contributed by atoms with E-state index >= 15 is 0 Å². The van der Waals surface area contributed by atoms with E-state index in [1.54, 1.807) is 48.5 Å². The second-order valence-corrected chi connectivity index (χ2v) is 12.0. The highest BCUT2D eigenvalue weighted by Crippen LogP contribution is 2.27. The number of ether oxygens (including phenoxy) is 1. The maximum absolute atomic E-state index is 14.0. The van der Waals surface area contributed by atoms with E-state index in [4.69, 9.17) is 27.9 Å². The van der Waals surface area contributed by atoms with Crippen molar-refractivity contribution in [2.75, 3.05) is 24.0 Å². The summed E-state index contributed by atoms with van der Waals surface area (Å²) < 4.78 is 34.4. The zero-order chi connectivity index (χ0) is 30.0. The molecule has 220 valence electrons. The Hall–Kier alpha value is -3.27. The molecule has 0 aliphatic heterocycles. The zero-order valence-corrected chi connectivity index (χ0v) is 25.7. The molecule has 0 aliphatic rings. The molecule has 3 aromatic carbocycles. The van der Waals surface area contributed by atoms with Gasteiger partial charge < -0.3 is 15.0 Å². The standard InChI is InChI=1S/C30H35Cl2N3O5S/c1-4-19-33-30(37)28(5-2)34(20-22-7-9-23(31)10-8-22)29(36)21-35(25-13-15-26(16-14-25)40-6-3)41(38,39)27-17-11-24(32)12-18-27/h7-18,28H,4-6,19-21H2,1-3H3,(H,33,37)/t28-/m0/s1. The molecule has 11 heteroatoms. The summed E-state index contributed by atoms with van der Waals surface area (Å²) in [6, 6.07) is 18.3. The Labute approximate surface area is 252 Å². The van der Waals surface area contributed by atoms with Gasteiger partial charge in [-0.15, -0.1) is 0 Å². The molecule has 2 amide bonds. The lowest BCUT2D eigenvalue weighted by atomic mass is 10.1. The summed E-state index contributed by atoms with van der Waals surface area (Å²) in [7, 11) is -4.20. The Morgan fingerprint density at radius 2 is 1.46 bits per heavy atom. The van der Waals surface area contributed by atoms with Crippen LogP contribution in [0.2, 0.25) is 10.0 Å². The fraction of sp³-hybridized carbons (Fsp3) is 0.333. The minimum absolute atomic E-state index is 0.0273. The largest absolute Gasteiger partial charge is 0.494 e. The predicted molar refractivity (Wildman–Crippen MR) is 163 cm³/mol. The molecular formula is C30H35Cl2N3O5S. The van der Waals surface area contributed by atoms with E-state index in [0.717, 1.165) is 16.3 Å². The molecular weight excluding hydrogens is 585 g/mol. The van der Waals surface area contributed by atoms with Gasteiger partial charge in [0.1, 0.15) is 18.3 Å². The molecule has 8 nitrogen and oxygen atoms in total. The number of anilines is 1. The molecule has 0 saturated carbocycles. The average molecular weight is 621 g/mol. The van der Waals surface area contributed by atoms with Crippen LogP contribution in [0.1, 0.15) is 39.2 Å².